The Kier molecular flexibility index (Phi) is 4.93. The van der Waals surface area contributed by atoms with Crippen molar-refractivity contribution in [1.82, 2.24) is 9.55 Å². The van der Waals surface area contributed by atoms with Crippen LogP contribution in [0, 0.1) is 0 Å². The maximum atomic E-state index is 12.4. The number of amides is 1. The fraction of sp³-hybridized carbons (Fsp3) is 0.150. The number of nitrogens with zero attached hydrogens (tertiary/aromatic N) is 2. The number of carbonyl (C=O) groups is 1. The molecule has 0 fully saturated rings. The minimum atomic E-state index is -0.174. The van der Waals surface area contributed by atoms with Crippen molar-refractivity contribution in [2.75, 3.05) is 11.1 Å². The third-order valence-corrected chi connectivity index (χ3v) is 5.27. The van der Waals surface area contributed by atoms with Gasteiger partial charge in [-0.3, -0.25) is 14.2 Å². The van der Waals surface area contributed by atoms with E-state index in [1.54, 1.807) is 28.8 Å². The van der Waals surface area contributed by atoms with Gasteiger partial charge in [0.1, 0.15) is 11.5 Å². The highest BCUT2D eigenvalue weighted by atomic mass is 32.2. The Balaban J connectivity index is 1.37. The zero-order valence-corrected chi connectivity index (χ0v) is 15.2. The number of hydrogen-bond donors (Lipinski definition) is 1. The molecule has 1 aromatic heterocycles. The third-order valence-electron chi connectivity index (χ3n) is 4.15. The van der Waals surface area contributed by atoms with E-state index < -0.39 is 0 Å². The van der Waals surface area contributed by atoms with E-state index in [4.69, 9.17) is 4.74 Å². The molecule has 1 amide bonds. The monoisotopic (exact) mass is 379 g/mol. The molecule has 1 aliphatic heterocycles. The Morgan fingerprint density at radius 1 is 1.11 bits per heavy atom. The van der Waals surface area contributed by atoms with Crippen LogP contribution in [0.4, 0.5) is 5.69 Å². The molecule has 6 nitrogen and oxygen atoms in total. The van der Waals surface area contributed by atoms with Crippen LogP contribution in [0.15, 0.2) is 76.8 Å². The number of rotatable bonds is 5. The first kappa shape index (κ1) is 17.4. The summed E-state index contributed by atoms with van der Waals surface area (Å²) in [6, 6.07) is 17.9. The fourth-order valence-corrected chi connectivity index (χ4v) is 4.02. The second kappa shape index (κ2) is 7.67. The molecule has 1 atom stereocenters. The van der Waals surface area contributed by atoms with Crippen LogP contribution in [0.5, 0.6) is 11.5 Å². The number of benzene rings is 2. The maximum Gasteiger partial charge on any atom is 0.254 e. The predicted molar refractivity (Wildman–Crippen MR) is 104 cm³/mol. The van der Waals surface area contributed by atoms with E-state index in [1.807, 2.05) is 30.3 Å². The van der Waals surface area contributed by atoms with Crippen LogP contribution >= 0.6 is 11.8 Å². The van der Waals surface area contributed by atoms with Gasteiger partial charge in [-0.25, -0.2) is 4.98 Å². The Bertz CT molecular complexity index is 1000. The summed E-state index contributed by atoms with van der Waals surface area (Å²) in [6.45, 7) is 0. The van der Waals surface area contributed by atoms with Crippen molar-refractivity contribution in [3.63, 3.8) is 0 Å². The molecule has 0 radical (unpaired) electrons. The number of hydrogen-bond acceptors (Lipinski definition) is 5. The zero-order valence-electron chi connectivity index (χ0n) is 14.4. The van der Waals surface area contributed by atoms with Gasteiger partial charge in [0.15, 0.2) is 5.16 Å². The number of fused-ring (bicyclic) bond motifs is 1. The van der Waals surface area contributed by atoms with E-state index in [0.717, 1.165) is 5.75 Å². The molecule has 7 heteroatoms. The zero-order chi connectivity index (χ0) is 18.6. The molecule has 1 aliphatic rings. The lowest BCUT2D eigenvalue weighted by Gasteiger charge is -2.13. The van der Waals surface area contributed by atoms with Gasteiger partial charge in [0, 0.05) is 30.1 Å². The molecule has 3 aromatic rings. The van der Waals surface area contributed by atoms with Crippen molar-refractivity contribution in [2.24, 2.45) is 0 Å². The van der Waals surface area contributed by atoms with E-state index in [-0.39, 0.29) is 23.9 Å². The summed E-state index contributed by atoms with van der Waals surface area (Å²) < 4.78 is 7.34. The van der Waals surface area contributed by atoms with Crippen molar-refractivity contribution in [3.05, 3.63) is 77.2 Å². The topological polar surface area (TPSA) is 73.2 Å². The van der Waals surface area contributed by atoms with Crippen molar-refractivity contribution in [1.29, 1.82) is 0 Å². The van der Waals surface area contributed by atoms with Crippen LogP contribution in [0.2, 0.25) is 0 Å². The second-order valence-corrected chi connectivity index (χ2v) is 7.08. The summed E-state index contributed by atoms with van der Waals surface area (Å²) in [4.78, 5) is 28.6. The summed E-state index contributed by atoms with van der Waals surface area (Å²) in [5.41, 5.74) is 0.565. The molecule has 27 heavy (non-hydrogen) atoms. The van der Waals surface area contributed by atoms with E-state index in [0.29, 0.717) is 22.3 Å². The van der Waals surface area contributed by atoms with Crippen LogP contribution in [0.3, 0.4) is 0 Å². The van der Waals surface area contributed by atoms with Gasteiger partial charge in [0.05, 0.1) is 6.04 Å². The Morgan fingerprint density at radius 2 is 1.85 bits per heavy atom. The molecule has 0 spiro atoms. The van der Waals surface area contributed by atoms with Crippen LogP contribution < -0.4 is 15.6 Å². The lowest BCUT2D eigenvalue weighted by Crippen LogP contribution is -2.26. The normalized spacial score (nSPS) is 15.2. The van der Waals surface area contributed by atoms with Gasteiger partial charge in [0.25, 0.3) is 5.56 Å². The molecule has 0 bridgehead atoms. The van der Waals surface area contributed by atoms with Crippen LogP contribution in [0.1, 0.15) is 12.5 Å². The molecule has 4 rings (SSSR count). The average Bonchev–Trinajstić information content (AvgIpc) is 3.08. The second-order valence-electron chi connectivity index (χ2n) is 6.09. The van der Waals surface area contributed by atoms with Gasteiger partial charge < -0.3 is 10.1 Å². The highest BCUT2D eigenvalue weighted by molar-refractivity contribution is 7.99. The number of anilines is 1. The number of thioether (sulfide) groups is 1. The number of carbonyl (C=O) groups excluding carboxylic acids is 1. The molecule has 2 heterocycles. The quantitative estimate of drug-likeness (QED) is 0.684. The van der Waals surface area contributed by atoms with E-state index in [1.165, 1.54) is 24.0 Å². The summed E-state index contributed by atoms with van der Waals surface area (Å²) in [5, 5.41) is 3.54. The third kappa shape index (κ3) is 4.03. The van der Waals surface area contributed by atoms with Crippen LogP contribution in [0.25, 0.3) is 0 Å². The standard InChI is InChI=1S/C20H17N3O3S/c24-18(12-15-13-27-20-21-11-10-19(25)23(15)20)22-14-6-8-17(9-7-14)26-16-4-2-1-3-5-16/h1-11,15H,12-13H2,(H,22,24)/t15-/m0/s1. The first-order valence-corrected chi connectivity index (χ1v) is 9.51. The Morgan fingerprint density at radius 3 is 2.63 bits per heavy atom. The van der Waals surface area contributed by atoms with E-state index in [9.17, 15) is 9.59 Å². The number of aromatic nitrogens is 2. The molecule has 1 N–H and O–H groups in total. The van der Waals surface area contributed by atoms with Crippen molar-refractivity contribution in [3.8, 4) is 11.5 Å². The predicted octanol–water partition coefficient (Wildman–Crippen LogP) is 3.71. The Labute approximate surface area is 160 Å². The summed E-state index contributed by atoms with van der Waals surface area (Å²) >= 11 is 1.50. The maximum absolute atomic E-state index is 12.4. The largest absolute Gasteiger partial charge is 0.457 e. The minimum absolute atomic E-state index is 0.120. The van der Waals surface area contributed by atoms with Gasteiger partial charge in [0.2, 0.25) is 5.91 Å². The Hall–Kier alpha value is -3.06. The van der Waals surface area contributed by atoms with Crippen molar-refractivity contribution in [2.45, 2.75) is 17.6 Å². The number of nitrogens with one attached hydrogen (secondary N) is 1. The molecule has 136 valence electrons. The van der Waals surface area contributed by atoms with Crippen LogP contribution in [-0.4, -0.2) is 21.2 Å². The lowest BCUT2D eigenvalue weighted by molar-refractivity contribution is -0.116. The molecular weight excluding hydrogens is 362 g/mol. The highest BCUT2D eigenvalue weighted by Crippen LogP contribution is 2.31. The van der Waals surface area contributed by atoms with E-state index in [2.05, 4.69) is 10.3 Å². The smallest absolute Gasteiger partial charge is 0.254 e. The SMILES string of the molecule is O=C(C[C@H]1CSc2nccc(=O)n21)Nc1ccc(Oc2ccccc2)cc1. The van der Waals surface area contributed by atoms with Crippen LogP contribution in [-0.2, 0) is 4.79 Å². The van der Waals surface area contributed by atoms with Crippen molar-refractivity contribution < 1.29 is 9.53 Å². The molecule has 2 aromatic carbocycles. The fourth-order valence-electron chi connectivity index (χ4n) is 2.90. The first-order valence-electron chi connectivity index (χ1n) is 8.52. The summed E-state index contributed by atoms with van der Waals surface area (Å²) in [7, 11) is 0. The van der Waals surface area contributed by atoms with Gasteiger partial charge in [-0.15, -0.1) is 0 Å². The van der Waals surface area contributed by atoms with Crippen molar-refractivity contribution >= 4 is 23.4 Å². The molecule has 0 saturated heterocycles. The van der Waals surface area contributed by atoms with Gasteiger partial charge in [-0.1, -0.05) is 30.0 Å². The van der Waals surface area contributed by atoms with Gasteiger partial charge in [-0.2, -0.15) is 0 Å². The van der Waals surface area contributed by atoms with Gasteiger partial charge in [-0.05, 0) is 36.4 Å². The first-order chi connectivity index (χ1) is 13.2. The molecular formula is C20H17N3O3S. The number of ether oxygens (including phenoxy) is 1. The lowest BCUT2D eigenvalue weighted by atomic mass is 10.2. The molecule has 0 saturated carbocycles. The average molecular weight is 379 g/mol. The molecule has 0 unspecified atom stereocenters. The summed E-state index contributed by atoms with van der Waals surface area (Å²) in [6.07, 6.45) is 1.73. The minimum Gasteiger partial charge on any atom is -0.457 e. The number of para-hydroxylation sites is 1. The summed E-state index contributed by atoms with van der Waals surface area (Å²) in [5.74, 6) is 1.98. The van der Waals surface area contributed by atoms with E-state index >= 15 is 0 Å². The molecule has 0 aliphatic carbocycles. The van der Waals surface area contributed by atoms with Gasteiger partial charge >= 0.3 is 0 Å². The highest BCUT2D eigenvalue weighted by Gasteiger charge is 2.26.